The summed E-state index contributed by atoms with van der Waals surface area (Å²) < 4.78 is 0. The van der Waals surface area contributed by atoms with E-state index in [4.69, 9.17) is 5.11 Å². The van der Waals surface area contributed by atoms with Crippen molar-refractivity contribution in [3.05, 3.63) is 54.6 Å². The number of carbonyl (C=O) groups is 1. The highest BCUT2D eigenvalue weighted by Crippen LogP contribution is 2.12. The standard InChI is InChI=1S/C14H16O2/c1-2-7-13(14(15)16)11-6-10-12-8-4-3-5-9-12/h2-6,8-10,13H,1,7,11H2,(H,15,16)/b10-6+. The first kappa shape index (κ1) is 12.2. The van der Waals surface area contributed by atoms with Gasteiger partial charge in [0.05, 0.1) is 5.92 Å². The first-order chi connectivity index (χ1) is 7.74. The number of aliphatic carboxylic acids is 1. The van der Waals surface area contributed by atoms with Crippen LogP contribution in [0.1, 0.15) is 18.4 Å². The van der Waals surface area contributed by atoms with E-state index in [1.807, 2.05) is 42.5 Å². The number of hydrogen-bond acceptors (Lipinski definition) is 1. The Kier molecular flexibility index (Phi) is 5.06. The van der Waals surface area contributed by atoms with E-state index in [1.54, 1.807) is 6.08 Å². The number of carboxylic acid groups (broad SMARTS) is 1. The molecule has 0 spiro atoms. The van der Waals surface area contributed by atoms with Crippen molar-refractivity contribution in [2.45, 2.75) is 12.8 Å². The van der Waals surface area contributed by atoms with Gasteiger partial charge >= 0.3 is 5.97 Å². The summed E-state index contributed by atoms with van der Waals surface area (Å²) in [5, 5.41) is 8.92. The summed E-state index contributed by atoms with van der Waals surface area (Å²) in [6, 6.07) is 9.84. The van der Waals surface area contributed by atoms with Crippen molar-refractivity contribution in [1.29, 1.82) is 0 Å². The Labute approximate surface area is 95.9 Å². The van der Waals surface area contributed by atoms with Gasteiger partial charge in [-0.15, -0.1) is 6.58 Å². The minimum Gasteiger partial charge on any atom is -0.481 e. The molecule has 0 heterocycles. The van der Waals surface area contributed by atoms with E-state index in [-0.39, 0.29) is 5.92 Å². The van der Waals surface area contributed by atoms with Crippen molar-refractivity contribution >= 4 is 12.0 Å². The second-order valence-corrected chi connectivity index (χ2v) is 3.61. The number of allylic oxidation sites excluding steroid dienone is 2. The molecule has 0 aliphatic carbocycles. The van der Waals surface area contributed by atoms with E-state index >= 15 is 0 Å². The van der Waals surface area contributed by atoms with Gasteiger partial charge in [0.25, 0.3) is 0 Å². The fourth-order valence-corrected chi connectivity index (χ4v) is 1.43. The monoisotopic (exact) mass is 216 g/mol. The molecule has 0 bridgehead atoms. The fraction of sp³-hybridized carbons (Fsp3) is 0.214. The van der Waals surface area contributed by atoms with E-state index in [0.29, 0.717) is 12.8 Å². The van der Waals surface area contributed by atoms with Crippen molar-refractivity contribution in [1.82, 2.24) is 0 Å². The van der Waals surface area contributed by atoms with Crippen LogP contribution in [0.5, 0.6) is 0 Å². The zero-order valence-electron chi connectivity index (χ0n) is 9.17. The highest BCUT2D eigenvalue weighted by atomic mass is 16.4. The molecule has 0 fully saturated rings. The lowest BCUT2D eigenvalue weighted by Crippen LogP contribution is -2.11. The molecule has 16 heavy (non-hydrogen) atoms. The van der Waals surface area contributed by atoms with Gasteiger partial charge in [0.2, 0.25) is 0 Å². The zero-order chi connectivity index (χ0) is 11.8. The molecule has 84 valence electrons. The minimum atomic E-state index is -0.766. The summed E-state index contributed by atoms with van der Waals surface area (Å²) in [6.45, 7) is 3.56. The molecule has 2 nitrogen and oxygen atoms in total. The summed E-state index contributed by atoms with van der Waals surface area (Å²) in [6.07, 6.45) is 6.54. The maximum atomic E-state index is 10.9. The van der Waals surface area contributed by atoms with Crippen LogP contribution in [-0.4, -0.2) is 11.1 Å². The Hall–Kier alpha value is -1.83. The predicted molar refractivity (Wildman–Crippen MR) is 66.0 cm³/mol. The number of rotatable bonds is 6. The molecule has 0 saturated heterocycles. The Morgan fingerprint density at radius 1 is 1.31 bits per heavy atom. The summed E-state index contributed by atoms with van der Waals surface area (Å²) >= 11 is 0. The molecule has 1 aromatic rings. The van der Waals surface area contributed by atoms with Crippen molar-refractivity contribution < 1.29 is 9.90 Å². The molecule has 1 N–H and O–H groups in total. The van der Waals surface area contributed by atoms with Crippen molar-refractivity contribution in [3.8, 4) is 0 Å². The largest absolute Gasteiger partial charge is 0.481 e. The smallest absolute Gasteiger partial charge is 0.307 e. The third-order valence-corrected chi connectivity index (χ3v) is 2.33. The highest BCUT2D eigenvalue weighted by molar-refractivity contribution is 5.70. The molecule has 1 unspecified atom stereocenters. The van der Waals surface area contributed by atoms with Crippen LogP contribution in [0.4, 0.5) is 0 Å². The van der Waals surface area contributed by atoms with Gasteiger partial charge < -0.3 is 5.11 Å². The summed E-state index contributed by atoms with van der Waals surface area (Å²) in [7, 11) is 0. The van der Waals surface area contributed by atoms with Crippen LogP contribution >= 0.6 is 0 Å². The maximum absolute atomic E-state index is 10.9. The lowest BCUT2D eigenvalue weighted by Gasteiger charge is -2.05. The second-order valence-electron chi connectivity index (χ2n) is 3.61. The third-order valence-electron chi connectivity index (χ3n) is 2.33. The third kappa shape index (κ3) is 4.13. The van der Waals surface area contributed by atoms with E-state index in [0.717, 1.165) is 5.56 Å². The summed E-state index contributed by atoms with van der Waals surface area (Å²) in [4.78, 5) is 10.9. The lowest BCUT2D eigenvalue weighted by atomic mass is 10.0. The quantitative estimate of drug-likeness (QED) is 0.740. The first-order valence-electron chi connectivity index (χ1n) is 5.29. The lowest BCUT2D eigenvalue weighted by molar-refractivity contribution is -0.141. The molecule has 0 aliphatic heterocycles. The minimum absolute atomic E-state index is 0.363. The SMILES string of the molecule is C=CCC(C/C=C/c1ccccc1)C(=O)O. The van der Waals surface area contributed by atoms with Gasteiger partial charge in [-0.25, -0.2) is 0 Å². The Balaban J connectivity index is 2.52. The van der Waals surface area contributed by atoms with E-state index in [9.17, 15) is 4.79 Å². The molecule has 0 aliphatic rings. The van der Waals surface area contributed by atoms with Gasteiger partial charge in [0.1, 0.15) is 0 Å². The van der Waals surface area contributed by atoms with Crippen molar-refractivity contribution in [3.63, 3.8) is 0 Å². The van der Waals surface area contributed by atoms with Crippen molar-refractivity contribution in [2.24, 2.45) is 5.92 Å². The summed E-state index contributed by atoms with van der Waals surface area (Å²) in [5.74, 6) is -1.13. The van der Waals surface area contributed by atoms with Gasteiger partial charge in [-0.1, -0.05) is 48.6 Å². The predicted octanol–water partition coefficient (Wildman–Crippen LogP) is 3.37. The van der Waals surface area contributed by atoms with Crippen LogP contribution in [-0.2, 0) is 4.79 Å². The van der Waals surface area contributed by atoms with E-state index in [1.165, 1.54) is 0 Å². The maximum Gasteiger partial charge on any atom is 0.307 e. The Morgan fingerprint density at radius 3 is 2.56 bits per heavy atom. The second kappa shape index (κ2) is 6.62. The highest BCUT2D eigenvalue weighted by Gasteiger charge is 2.12. The van der Waals surface area contributed by atoms with Gasteiger partial charge in [-0.3, -0.25) is 4.79 Å². The topological polar surface area (TPSA) is 37.3 Å². The Morgan fingerprint density at radius 2 is 2.00 bits per heavy atom. The molecule has 1 rings (SSSR count). The average molecular weight is 216 g/mol. The molecule has 0 aromatic heterocycles. The molecule has 2 heteroatoms. The van der Waals surface area contributed by atoms with Crippen LogP contribution in [0.2, 0.25) is 0 Å². The zero-order valence-corrected chi connectivity index (χ0v) is 9.17. The normalized spacial score (nSPS) is 12.5. The average Bonchev–Trinajstić information content (AvgIpc) is 2.29. The van der Waals surface area contributed by atoms with Gasteiger partial charge in [0.15, 0.2) is 0 Å². The summed E-state index contributed by atoms with van der Waals surface area (Å²) in [5.41, 5.74) is 1.09. The van der Waals surface area contributed by atoms with Gasteiger partial charge in [-0.05, 0) is 18.4 Å². The molecule has 1 atom stereocenters. The van der Waals surface area contributed by atoms with Crippen LogP contribution < -0.4 is 0 Å². The molecule has 1 aromatic carbocycles. The molecule has 0 saturated carbocycles. The van der Waals surface area contributed by atoms with Crippen LogP contribution in [0.15, 0.2) is 49.1 Å². The van der Waals surface area contributed by atoms with Gasteiger partial charge in [-0.2, -0.15) is 0 Å². The van der Waals surface area contributed by atoms with Crippen LogP contribution in [0.25, 0.3) is 6.08 Å². The number of carboxylic acids is 1. The van der Waals surface area contributed by atoms with Crippen LogP contribution in [0, 0.1) is 5.92 Å². The molecular formula is C14H16O2. The first-order valence-corrected chi connectivity index (χ1v) is 5.29. The Bertz CT molecular complexity index is 366. The molecule has 0 amide bonds. The fourth-order valence-electron chi connectivity index (χ4n) is 1.43. The van der Waals surface area contributed by atoms with E-state index < -0.39 is 5.97 Å². The van der Waals surface area contributed by atoms with Crippen LogP contribution in [0.3, 0.4) is 0 Å². The number of hydrogen-bond donors (Lipinski definition) is 1. The van der Waals surface area contributed by atoms with Crippen molar-refractivity contribution in [2.75, 3.05) is 0 Å². The molecule has 0 radical (unpaired) electrons. The van der Waals surface area contributed by atoms with E-state index in [2.05, 4.69) is 6.58 Å². The molecular weight excluding hydrogens is 200 g/mol. The number of benzene rings is 1. The van der Waals surface area contributed by atoms with Gasteiger partial charge in [0, 0.05) is 0 Å².